The Balaban J connectivity index is 0. The zero-order chi connectivity index (χ0) is 41.7. The van der Waals surface area contributed by atoms with Crippen LogP contribution in [0.1, 0.15) is 73.0 Å². The second-order valence-corrected chi connectivity index (χ2v) is 12.2. The SMILES string of the molecule is CC(C)n1nccc1-c1ncccc1CCl.COc1cncc(O)c1C=O.COc1cncc(OCc2cccnc2-c2ccnn2C(C)C)c1C=O.Cl.O=CO[O-].[H-].[K+].[K+]. The van der Waals surface area contributed by atoms with Gasteiger partial charge in [0, 0.05) is 48.3 Å². The molecule has 6 aromatic heterocycles. The van der Waals surface area contributed by atoms with Crippen molar-refractivity contribution in [1.82, 2.24) is 39.5 Å². The van der Waals surface area contributed by atoms with Gasteiger partial charge in [0.15, 0.2) is 29.8 Å². The van der Waals surface area contributed by atoms with Gasteiger partial charge in [0.2, 0.25) is 0 Å². The molecule has 0 aromatic carbocycles. The third-order valence-corrected chi connectivity index (χ3v) is 7.96. The first-order chi connectivity index (χ1) is 27.6. The zero-order valence-corrected chi connectivity index (χ0v) is 42.3. The van der Waals surface area contributed by atoms with Gasteiger partial charge in [-0.05, 0) is 57.5 Å². The van der Waals surface area contributed by atoms with Crippen LogP contribution in [0.2, 0.25) is 0 Å². The summed E-state index contributed by atoms with van der Waals surface area (Å²) in [5.74, 6) is 1.32. The second kappa shape index (κ2) is 30.8. The topological polar surface area (TPSA) is 219 Å². The van der Waals surface area contributed by atoms with E-state index < -0.39 is 0 Å². The number of aromatic hydroxyl groups is 1. The third-order valence-electron chi connectivity index (χ3n) is 7.67. The Morgan fingerprint density at radius 2 is 1.18 bits per heavy atom. The van der Waals surface area contributed by atoms with E-state index in [1.54, 1.807) is 24.8 Å². The van der Waals surface area contributed by atoms with Crippen LogP contribution in [0.4, 0.5) is 0 Å². The van der Waals surface area contributed by atoms with E-state index in [4.69, 9.17) is 41.0 Å². The van der Waals surface area contributed by atoms with Gasteiger partial charge in [-0.1, -0.05) is 12.1 Å². The fourth-order valence-electron chi connectivity index (χ4n) is 5.09. The molecule has 17 nitrogen and oxygen atoms in total. The predicted octanol–water partition coefficient (Wildman–Crippen LogP) is 0.171. The van der Waals surface area contributed by atoms with E-state index in [0.717, 1.165) is 33.9 Å². The number of ether oxygens (including phenoxy) is 3. The summed E-state index contributed by atoms with van der Waals surface area (Å²) in [5, 5.41) is 26.1. The Morgan fingerprint density at radius 3 is 1.62 bits per heavy atom. The molecule has 0 fully saturated rings. The van der Waals surface area contributed by atoms with Crippen molar-refractivity contribution in [3.8, 4) is 45.8 Å². The van der Waals surface area contributed by atoms with Crippen LogP contribution in [-0.4, -0.2) is 77.9 Å². The van der Waals surface area contributed by atoms with Gasteiger partial charge in [-0.2, -0.15) is 10.2 Å². The molecule has 0 bridgehead atoms. The van der Waals surface area contributed by atoms with Gasteiger partial charge in [-0.25, -0.2) is 0 Å². The van der Waals surface area contributed by atoms with Crippen LogP contribution in [0, 0.1) is 0 Å². The normalized spacial score (nSPS) is 9.63. The molecular weight excluding hydrogens is 874 g/mol. The number of aldehydes is 2. The number of halogens is 2. The van der Waals surface area contributed by atoms with Gasteiger partial charge in [-0.15, -0.1) is 24.0 Å². The van der Waals surface area contributed by atoms with Crippen molar-refractivity contribution in [2.75, 3.05) is 14.2 Å². The number of carbonyl (C=O) groups excluding carboxylic acids is 3. The van der Waals surface area contributed by atoms with Crippen LogP contribution in [0.3, 0.4) is 0 Å². The van der Waals surface area contributed by atoms with Gasteiger partial charge in [0.05, 0.1) is 61.8 Å². The first-order valence-corrected chi connectivity index (χ1v) is 17.6. The van der Waals surface area contributed by atoms with Gasteiger partial charge in [0.25, 0.3) is 6.47 Å². The maximum atomic E-state index is 11.4. The van der Waals surface area contributed by atoms with Crippen LogP contribution < -0.4 is 122 Å². The number of hydrogen-bond acceptors (Lipinski definition) is 15. The number of hydrogen-bond donors (Lipinski definition) is 1. The molecule has 0 aliphatic rings. The zero-order valence-electron chi connectivity index (χ0n) is 35.5. The molecule has 6 aromatic rings. The summed E-state index contributed by atoms with van der Waals surface area (Å²) in [5.41, 5.74) is 6.03. The van der Waals surface area contributed by atoms with Crippen molar-refractivity contribution in [1.29, 1.82) is 0 Å². The van der Waals surface area contributed by atoms with Crippen molar-refractivity contribution in [3.05, 3.63) is 108 Å². The van der Waals surface area contributed by atoms with Crippen molar-refractivity contribution in [2.45, 2.75) is 52.3 Å². The number of rotatable bonds is 13. The van der Waals surface area contributed by atoms with E-state index >= 15 is 0 Å². The minimum Gasteiger partial charge on any atom is -1.00 e. The van der Waals surface area contributed by atoms with Crippen LogP contribution >= 0.6 is 24.0 Å². The monoisotopic (exact) mass is 916 g/mol. The number of carbonyl (C=O) groups is 3. The van der Waals surface area contributed by atoms with Crippen molar-refractivity contribution < 1.29 is 148 Å². The molecular formula is C39H44Cl2K2N8O9. The van der Waals surface area contributed by atoms with E-state index in [1.165, 1.54) is 39.0 Å². The molecule has 60 heavy (non-hydrogen) atoms. The van der Waals surface area contributed by atoms with Crippen LogP contribution in [-0.2, 0) is 22.2 Å². The molecule has 0 saturated carbocycles. The van der Waals surface area contributed by atoms with Crippen LogP contribution in [0.5, 0.6) is 23.0 Å². The summed E-state index contributed by atoms with van der Waals surface area (Å²) in [6.07, 6.45) is 13.8. The number of pyridine rings is 4. The quantitative estimate of drug-likeness (QED) is 0.0537. The summed E-state index contributed by atoms with van der Waals surface area (Å²) in [7, 11) is 2.89. The van der Waals surface area contributed by atoms with E-state index in [-0.39, 0.29) is 153 Å². The van der Waals surface area contributed by atoms with Gasteiger partial charge in [0.1, 0.15) is 23.5 Å². The molecule has 0 saturated heterocycles. The fraction of sp³-hybridized carbons (Fsp3) is 0.256. The molecule has 1 N–H and O–H groups in total. The number of aromatic nitrogens is 8. The summed E-state index contributed by atoms with van der Waals surface area (Å²) in [6.45, 7) is 8.38. The molecule has 0 aliphatic heterocycles. The fourth-order valence-corrected chi connectivity index (χ4v) is 5.31. The minimum absolute atomic E-state index is 0. The maximum absolute atomic E-state index is 11.4. The minimum atomic E-state index is -0.181. The second-order valence-electron chi connectivity index (χ2n) is 11.9. The molecule has 6 heterocycles. The average molecular weight is 918 g/mol. The van der Waals surface area contributed by atoms with E-state index in [2.05, 4.69) is 62.7 Å². The third kappa shape index (κ3) is 16.3. The van der Waals surface area contributed by atoms with Crippen LogP contribution in [0.25, 0.3) is 22.8 Å². The smallest absolute Gasteiger partial charge is 1.00 e. The summed E-state index contributed by atoms with van der Waals surface area (Å²) < 4.78 is 19.6. The molecule has 0 unspecified atom stereocenters. The molecule has 6 rings (SSSR count). The number of nitrogens with zero attached hydrogens (tertiary/aromatic N) is 8. The van der Waals surface area contributed by atoms with Crippen molar-refractivity contribution in [3.63, 3.8) is 0 Å². The number of methoxy groups -OCH3 is 2. The summed E-state index contributed by atoms with van der Waals surface area (Å²) in [6, 6.07) is 12.1. The Morgan fingerprint density at radius 1 is 0.733 bits per heavy atom. The van der Waals surface area contributed by atoms with Crippen molar-refractivity contribution >= 4 is 43.1 Å². The largest absolute Gasteiger partial charge is 1.00 e. The summed E-state index contributed by atoms with van der Waals surface area (Å²) in [4.78, 5) is 49.5. The molecule has 0 aliphatic carbocycles. The Kier molecular flexibility index (Phi) is 29.2. The first kappa shape index (κ1) is 56.8. The number of alkyl halides is 1. The Hall–Kier alpha value is -3.16. The van der Waals surface area contributed by atoms with E-state index in [9.17, 15) is 9.59 Å². The molecule has 0 atom stereocenters. The standard InChI is InChI=1S/C19H20N4O3.C12H14ClN3.C7H7NO3.CH2O3.ClH.2K.H/c1-13(2)23-16(6-8-22-23)19-14(5-4-7-21-19)12-26-18-10-20-9-17(25-3)15(18)11-24;1-9(2)16-11(5-7-15-16)12-10(8-13)4-3-6-14-12;1-11-7-3-8-2-6(10)5(7)4-9;2-1-4-3;;;;/h4-11,13H,12H2,1-3H3;3-7,9H,8H2,1-2H3;2-4,10H,1H3;1,3H;1H;;;/q;;;;;2*+1;-1/p-1. The Bertz CT molecular complexity index is 2200. The van der Waals surface area contributed by atoms with Crippen LogP contribution in [0.15, 0.2) is 86.0 Å². The Labute approximate surface area is 445 Å². The molecule has 0 amide bonds. The molecule has 0 radical (unpaired) electrons. The molecule has 310 valence electrons. The van der Waals surface area contributed by atoms with E-state index in [1.807, 2.05) is 45.8 Å². The van der Waals surface area contributed by atoms with Crippen molar-refractivity contribution in [2.24, 2.45) is 0 Å². The van der Waals surface area contributed by atoms with E-state index in [0.29, 0.717) is 41.6 Å². The molecule has 21 heteroatoms. The maximum Gasteiger partial charge on any atom is 1.00 e. The predicted molar refractivity (Wildman–Crippen MR) is 215 cm³/mol. The van der Waals surface area contributed by atoms with Gasteiger partial charge < -0.3 is 30.9 Å². The average Bonchev–Trinajstić information content (AvgIpc) is 3.95. The van der Waals surface area contributed by atoms with Gasteiger partial charge in [-0.3, -0.25) is 43.7 Å². The summed E-state index contributed by atoms with van der Waals surface area (Å²) >= 11 is 5.91. The molecule has 0 spiro atoms. The first-order valence-electron chi connectivity index (χ1n) is 17.1. The van der Waals surface area contributed by atoms with Gasteiger partial charge >= 0.3 is 103 Å².